The Morgan fingerprint density at radius 2 is 2.13 bits per heavy atom. The van der Waals surface area contributed by atoms with Crippen LogP contribution in [-0.4, -0.2) is 17.1 Å². The molecule has 0 bridgehead atoms. The van der Waals surface area contributed by atoms with Gasteiger partial charge in [-0.05, 0) is 43.3 Å². The smallest absolute Gasteiger partial charge is 0.338 e. The van der Waals surface area contributed by atoms with Crippen LogP contribution in [-0.2, 0) is 9.53 Å². The Hall–Kier alpha value is -2.71. The van der Waals surface area contributed by atoms with Crippen molar-refractivity contribution in [3.8, 4) is 0 Å². The monoisotopic (exact) mass is 442 g/mol. The van der Waals surface area contributed by atoms with Crippen molar-refractivity contribution in [3.05, 3.63) is 77.0 Å². The standard InChI is InChI=1S/C22H22N2O4S2/c1-12(2)11-27-21(26)18-14(4)23-22-24(19(18)16-6-5-9-29-16)20(25)17(30-22)10-15-8-7-13(3)28-15/h5-10,12,19H,11H2,1-4H3/b17-10-. The fraction of sp³-hybridized carbons (Fsp3) is 0.318. The van der Waals surface area contributed by atoms with Gasteiger partial charge in [0.05, 0.1) is 22.4 Å². The van der Waals surface area contributed by atoms with Crippen molar-refractivity contribution in [2.45, 2.75) is 33.7 Å². The fourth-order valence-corrected chi connectivity index (χ4v) is 5.13. The molecule has 1 atom stereocenters. The second-order valence-electron chi connectivity index (χ2n) is 7.54. The van der Waals surface area contributed by atoms with E-state index in [1.807, 2.05) is 50.4 Å². The summed E-state index contributed by atoms with van der Waals surface area (Å²) in [4.78, 5) is 32.3. The zero-order valence-corrected chi connectivity index (χ0v) is 18.8. The number of thiazole rings is 1. The summed E-state index contributed by atoms with van der Waals surface area (Å²) in [5, 5.41) is 1.93. The predicted molar refractivity (Wildman–Crippen MR) is 117 cm³/mol. The highest BCUT2D eigenvalue weighted by Gasteiger charge is 2.34. The number of thiophene rings is 1. The number of carbonyl (C=O) groups is 1. The average molecular weight is 443 g/mol. The number of fused-ring (bicyclic) bond motifs is 1. The van der Waals surface area contributed by atoms with Gasteiger partial charge >= 0.3 is 5.97 Å². The number of furan rings is 1. The molecule has 0 aliphatic carbocycles. The van der Waals surface area contributed by atoms with Crippen LogP contribution >= 0.6 is 22.7 Å². The third kappa shape index (κ3) is 3.85. The molecule has 0 aromatic carbocycles. The molecule has 1 aliphatic heterocycles. The second-order valence-corrected chi connectivity index (χ2v) is 9.53. The second kappa shape index (κ2) is 8.20. The van der Waals surface area contributed by atoms with Gasteiger partial charge in [-0.15, -0.1) is 11.3 Å². The molecule has 8 heteroatoms. The number of hydrogen-bond donors (Lipinski definition) is 0. The zero-order chi connectivity index (χ0) is 21.4. The lowest BCUT2D eigenvalue weighted by molar-refractivity contribution is -0.140. The van der Waals surface area contributed by atoms with E-state index in [1.165, 1.54) is 22.7 Å². The maximum Gasteiger partial charge on any atom is 0.338 e. The van der Waals surface area contributed by atoms with E-state index in [4.69, 9.17) is 9.15 Å². The number of nitrogens with zero attached hydrogens (tertiary/aromatic N) is 2. The molecule has 0 spiro atoms. The number of rotatable bonds is 5. The Bertz CT molecular complexity index is 1290. The Morgan fingerprint density at radius 3 is 2.77 bits per heavy atom. The molecule has 3 aromatic rings. The molecule has 4 heterocycles. The number of carbonyl (C=O) groups excluding carboxylic acids is 1. The SMILES string of the molecule is CC1=C(C(=O)OCC(C)C)C(c2cccs2)n2c(s/c(=C\c3ccc(C)o3)c2=O)=N1. The summed E-state index contributed by atoms with van der Waals surface area (Å²) in [6, 6.07) is 6.96. The lowest BCUT2D eigenvalue weighted by atomic mass is 10.0. The zero-order valence-electron chi connectivity index (χ0n) is 17.2. The first-order valence-corrected chi connectivity index (χ1v) is 11.3. The molecular formula is C22H22N2O4S2. The van der Waals surface area contributed by atoms with Crippen molar-refractivity contribution in [1.82, 2.24) is 4.57 Å². The molecule has 0 amide bonds. The predicted octanol–water partition coefficient (Wildman–Crippen LogP) is 3.40. The van der Waals surface area contributed by atoms with Crippen LogP contribution in [0, 0.1) is 12.8 Å². The summed E-state index contributed by atoms with van der Waals surface area (Å²) < 4.78 is 13.2. The van der Waals surface area contributed by atoms with Gasteiger partial charge < -0.3 is 9.15 Å². The van der Waals surface area contributed by atoms with Crippen molar-refractivity contribution >= 4 is 34.7 Å². The molecule has 0 radical (unpaired) electrons. The summed E-state index contributed by atoms with van der Waals surface area (Å²) in [5.41, 5.74) is 0.780. The normalized spacial score (nSPS) is 16.7. The van der Waals surface area contributed by atoms with E-state index in [9.17, 15) is 9.59 Å². The Balaban J connectivity index is 1.87. The molecule has 6 nitrogen and oxygen atoms in total. The first-order chi connectivity index (χ1) is 14.3. The van der Waals surface area contributed by atoms with Crippen LogP contribution in [0.1, 0.15) is 43.2 Å². The minimum atomic E-state index is -0.554. The van der Waals surface area contributed by atoms with Crippen LogP contribution in [0.2, 0.25) is 0 Å². The molecule has 4 rings (SSSR count). The molecule has 156 valence electrons. The third-order valence-electron chi connectivity index (χ3n) is 4.64. The van der Waals surface area contributed by atoms with Gasteiger partial charge in [0, 0.05) is 11.0 Å². The molecule has 3 aromatic heterocycles. The Kier molecular flexibility index (Phi) is 5.62. The summed E-state index contributed by atoms with van der Waals surface area (Å²) in [7, 11) is 0. The van der Waals surface area contributed by atoms with Gasteiger partial charge in [0.2, 0.25) is 0 Å². The van der Waals surface area contributed by atoms with Crippen molar-refractivity contribution in [2.24, 2.45) is 10.9 Å². The molecule has 30 heavy (non-hydrogen) atoms. The Labute approximate surface area is 181 Å². The van der Waals surface area contributed by atoms with Gasteiger partial charge in [0.1, 0.15) is 17.6 Å². The van der Waals surface area contributed by atoms with E-state index in [0.717, 1.165) is 10.6 Å². The van der Waals surface area contributed by atoms with Crippen LogP contribution in [0.4, 0.5) is 0 Å². The number of aromatic nitrogens is 1. The number of hydrogen-bond acceptors (Lipinski definition) is 7. The quantitative estimate of drug-likeness (QED) is 0.568. The number of esters is 1. The summed E-state index contributed by atoms with van der Waals surface area (Å²) in [6.45, 7) is 7.93. The molecule has 1 unspecified atom stereocenters. The van der Waals surface area contributed by atoms with Gasteiger partial charge in [-0.2, -0.15) is 0 Å². The van der Waals surface area contributed by atoms with Crippen molar-refractivity contribution < 1.29 is 13.9 Å². The lowest BCUT2D eigenvalue weighted by Gasteiger charge is -2.23. The van der Waals surface area contributed by atoms with Gasteiger partial charge in [0.25, 0.3) is 5.56 Å². The van der Waals surface area contributed by atoms with Crippen LogP contribution < -0.4 is 14.9 Å². The Morgan fingerprint density at radius 1 is 1.33 bits per heavy atom. The van der Waals surface area contributed by atoms with E-state index in [1.54, 1.807) is 17.6 Å². The highest BCUT2D eigenvalue weighted by molar-refractivity contribution is 7.10. The van der Waals surface area contributed by atoms with E-state index in [2.05, 4.69) is 4.99 Å². The fourth-order valence-electron chi connectivity index (χ4n) is 3.28. The molecule has 1 aliphatic rings. The van der Waals surface area contributed by atoms with E-state index in [-0.39, 0.29) is 11.5 Å². The van der Waals surface area contributed by atoms with E-state index < -0.39 is 12.0 Å². The van der Waals surface area contributed by atoms with Gasteiger partial charge in [-0.3, -0.25) is 9.36 Å². The maximum atomic E-state index is 13.3. The summed E-state index contributed by atoms with van der Waals surface area (Å²) in [6.07, 6.45) is 1.72. The molecule has 0 fully saturated rings. The van der Waals surface area contributed by atoms with Crippen LogP contribution in [0.25, 0.3) is 6.08 Å². The van der Waals surface area contributed by atoms with Gasteiger partial charge in [0.15, 0.2) is 4.80 Å². The van der Waals surface area contributed by atoms with Gasteiger partial charge in [-0.1, -0.05) is 31.3 Å². The summed E-state index contributed by atoms with van der Waals surface area (Å²) >= 11 is 2.79. The van der Waals surface area contributed by atoms with Crippen LogP contribution in [0.3, 0.4) is 0 Å². The topological polar surface area (TPSA) is 73.8 Å². The van der Waals surface area contributed by atoms with Crippen molar-refractivity contribution in [2.75, 3.05) is 6.61 Å². The number of aryl methyl sites for hydroxylation is 1. The van der Waals surface area contributed by atoms with E-state index >= 15 is 0 Å². The molecule has 0 saturated heterocycles. The number of allylic oxidation sites excluding steroid dienone is 1. The summed E-state index contributed by atoms with van der Waals surface area (Å²) in [5.74, 6) is 1.17. The third-order valence-corrected chi connectivity index (χ3v) is 6.54. The van der Waals surface area contributed by atoms with E-state index in [0.29, 0.717) is 33.0 Å². The minimum absolute atomic E-state index is 0.201. The maximum absolute atomic E-state index is 13.3. The minimum Gasteiger partial charge on any atom is -0.462 e. The number of ether oxygens (including phenoxy) is 1. The molecule has 0 saturated carbocycles. The largest absolute Gasteiger partial charge is 0.462 e. The van der Waals surface area contributed by atoms with Crippen LogP contribution in [0.5, 0.6) is 0 Å². The molecular weight excluding hydrogens is 420 g/mol. The van der Waals surface area contributed by atoms with Crippen molar-refractivity contribution in [3.63, 3.8) is 0 Å². The first kappa shape index (κ1) is 20.6. The highest BCUT2D eigenvalue weighted by Crippen LogP contribution is 2.33. The first-order valence-electron chi connectivity index (χ1n) is 9.64. The lowest BCUT2D eigenvalue weighted by Crippen LogP contribution is -2.39. The highest BCUT2D eigenvalue weighted by atomic mass is 32.1. The van der Waals surface area contributed by atoms with Gasteiger partial charge in [-0.25, -0.2) is 9.79 Å². The molecule has 0 N–H and O–H groups in total. The van der Waals surface area contributed by atoms with Crippen molar-refractivity contribution in [1.29, 1.82) is 0 Å². The van der Waals surface area contributed by atoms with Crippen LogP contribution in [0.15, 0.2) is 55.1 Å². The average Bonchev–Trinajstić information content (AvgIpc) is 3.41.